The molecule has 1 aromatic carbocycles. The quantitative estimate of drug-likeness (QED) is 0.877. The van der Waals surface area contributed by atoms with E-state index in [9.17, 15) is 4.79 Å². The van der Waals surface area contributed by atoms with Gasteiger partial charge in [0.05, 0.1) is 19.1 Å². The van der Waals surface area contributed by atoms with Gasteiger partial charge < -0.3 is 15.0 Å². The number of nitrogens with one attached hydrogen (secondary N) is 1. The molecule has 1 atom stereocenters. The number of nitrogens with zero attached hydrogens (tertiary/aromatic N) is 1. The van der Waals surface area contributed by atoms with Crippen molar-refractivity contribution in [3.05, 3.63) is 29.8 Å². The highest BCUT2D eigenvalue weighted by Crippen LogP contribution is 2.16. The summed E-state index contributed by atoms with van der Waals surface area (Å²) in [4.78, 5) is 13.8. The molecular formula is C14H20N2O2. The first-order valence-corrected chi connectivity index (χ1v) is 6.32. The van der Waals surface area contributed by atoms with E-state index >= 15 is 0 Å². The van der Waals surface area contributed by atoms with Gasteiger partial charge in [0.25, 0.3) is 0 Å². The lowest BCUT2D eigenvalue weighted by molar-refractivity contribution is -0.121. The lowest BCUT2D eigenvalue weighted by Crippen LogP contribution is -2.41. The second-order valence-corrected chi connectivity index (χ2v) is 4.69. The molecule has 1 fully saturated rings. The van der Waals surface area contributed by atoms with E-state index in [0.717, 1.165) is 24.3 Å². The van der Waals surface area contributed by atoms with Gasteiger partial charge in [0, 0.05) is 25.8 Å². The predicted octanol–water partition coefficient (Wildman–Crippen LogP) is 1.34. The van der Waals surface area contributed by atoms with E-state index in [0.29, 0.717) is 13.0 Å². The average Bonchev–Trinajstić information content (AvgIpc) is 2.39. The molecule has 0 bridgehead atoms. The van der Waals surface area contributed by atoms with Gasteiger partial charge in [0.1, 0.15) is 0 Å². The van der Waals surface area contributed by atoms with Gasteiger partial charge in [-0.1, -0.05) is 12.1 Å². The Labute approximate surface area is 108 Å². The van der Waals surface area contributed by atoms with Crippen LogP contribution in [0.4, 0.5) is 5.69 Å². The van der Waals surface area contributed by atoms with Crippen molar-refractivity contribution >= 4 is 11.6 Å². The lowest BCUT2D eigenvalue weighted by atomic mass is 10.1. The maximum absolute atomic E-state index is 12.1. The lowest BCUT2D eigenvalue weighted by Gasteiger charge is -2.25. The second kappa shape index (κ2) is 5.98. The maximum atomic E-state index is 12.1. The molecule has 4 heteroatoms. The fourth-order valence-corrected chi connectivity index (χ4v) is 2.06. The Morgan fingerprint density at radius 3 is 3.06 bits per heavy atom. The van der Waals surface area contributed by atoms with E-state index in [1.165, 1.54) is 0 Å². The van der Waals surface area contributed by atoms with Gasteiger partial charge in [-0.3, -0.25) is 4.79 Å². The van der Waals surface area contributed by atoms with Crippen molar-refractivity contribution in [1.82, 2.24) is 5.32 Å². The van der Waals surface area contributed by atoms with Gasteiger partial charge in [-0.2, -0.15) is 0 Å². The van der Waals surface area contributed by atoms with Crippen LogP contribution >= 0.6 is 0 Å². The monoisotopic (exact) mass is 248 g/mol. The first-order valence-electron chi connectivity index (χ1n) is 6.32. The van der Waals surface area contributed by atoms with Crippen LogP contribution in [0, 0.1) is 6.92 Å². The van der Waals surface area contributed by atoms with Crippen LogP contribution in [0.3, 0.4) is 0 Å². The molecule has 1 aliphatic rings. The molecule has 2 rings (SSSR count). The van der Waals surface area contributed by atoms with Gasteiger partial charge in [0.2, 0.25) is 5.91 Å². The normalized spacial score (nSPS) is 19.6. The van der Waals surface area contributed by atoms with E-state index < -0.39 is 0 Å². The smallest absolute Gasteiger partial charge is 0.229 e. The number of aryl methyl sites for hydroxylation is 1. The third kappa shape index (κ3) is 3.31. The van der Waals surface area contributed by atoms with E-state index in [-0.39, 0.29) is 12.0 Å². The maximum Gasteiger partial charge on any atom is 0.229 e. The van der Waals surface area contributed by atoms with E-state index in [2.05, 4.69) is 5.32 Å². The van der Waals surface area contributed by atoms with E-state index in [1.807, 2.05) is 38.2 Å². The number of benzene rings is 1. The first kappa shape index (κ1) is 13.1. The Hall–Kier alpha value is -1.39. The Kier molecular flexibility index (Phi) is 4.33. The number of ether oxygens (including phenoxy) is 1. The zero-order chi connectivity index (χ0) is 13.0. The topological polar surface area (TPSA) is 41.6 Å². The number of anilines is 1. The van der Waals surface area contributed by atoms with E-state index in [1.54, 1.807) is 4.90 Å². The average molecular weight is 248 g/mol. The highest BCUT2D eigenvalue weighted by Gasteiger charge is 2.20. The summed E-state index contributed by atoms with van der Waals surface area (Å²) in [6.07, 6.45) is 0.427. The zero-order valence-corrected chi connectivity index (χ0v) is 11.0. The third-order valence-corrected chi connectivity index (χ3v) is 3.17. The molecule has 1 heterocycles. The molecule has 1 N–H and O–H groups in total. The molecule has 0 spiro atoms. The Bertz CT molecular complexity index is 414. The largest absolute Gasteiger partial charge is 0.375 e. The Morgan fingerprint density at radius 2 is 2.39 bits per heavy atom. The number of carbonyl (C=O) groups is 1. The summed E-state index contributed by atoms with van der Waals surface area (Å²) < 4.78 is 5.55. The van der Waals surface area contributed by atoms with Crippen molar-refractivity contribution in [1.29, 1.82) is 0 Å². The SMILES string of the molecule is Cc1cccc(N(C)C(=O)CC2CNCCO2)c1. The van der Waals surface area contributed by atoms with Gasteiger partial charge in [0.15, 0.2) is 0 Å². The molecule has 98 valence electrons. The highest BCUT2D eigenvalue weighted by atomic mass is 16.5. The second-order valence-electron chi connectivity index (χ2n) is 4.69. The van der Waals surface area contributed by atoms with Crippen LogP contribution in [-0.4, -0.2) is 38.8 Å². The molecule has 1 amide bonds. The molecule has 0 saturated carbocycles. The van der Waals surface area contributed by atoms with Gasteiger partial charge in [-0.25, -0.2) is 0 Å². The summed E-state index contributed by atoms with van der Waals surface area (Å²) >= 11 is 0. The summed E-state index contributed by atoms with van der Waals surface area (Å²) in [6, 6.07) is 7.95. The van der Waals surface area contributed by atoms with Gasteiger partial charge in [-0.05, 0) is 24.6 Å². The molecule has 1 aromatic rings. The molecular weight excluding hydrogens is 228 g/mol. The molecule has 0 aliphatic carbocycles. The summed E-state index contributed by atoms with van der Waals surface area (Å²) in [5.41, 5.74) is 2.09. The summed E-state index contributed by atoms with van der Waals surface area (Å²) in [5.74, 6) is 0.0919. The number of carbonyl (C=O) groups excluding carboxylic acids is 1. The standard InChI is InChI=1S/C14H20N2O2/c1-11-4-3-5-12(8-11)16(2)14(17)9-13-10-15-6-7-18-13/h3-5,8,13,15H,6-7,9-10H2,1-2H3. The summed E-state index contributed by atoms with van der Waals surface area (Å²) in [6.45, 7) is 4.34. The zero-order valence-electron chi connectivity index (χ0n) is 11.0. The fourth-order valence-electron chi connectivity index (χ4n) is 2.06. The van der Waals surface area contributed by atoms with Crippen molar-refractivity contribution in [2.75, 3.05) is 31.6 Å². The summed E-state index contributed by atoms with van der Waals surface area (Å²) in [7, 11) is 1.81. The molecule has 18 heavy (non-hydrogen) atoms. The fraction of sp³-hybridized carbons (Fsp3) is 0.500. The molecule has 1 saturated heterocycles. The Balaban J connectivity index is 1.95. The number of amides is 1. The van der Waals surface area contributed by atoms with E-state index in [4.69, 9.17) is 4.74 Å². The Morgan fingerprint density at radius 1 is 1.56 bits per heavy atom. The van der Waals surface area contributed by atoms with Crippen molar-refractivity contribution in [3.63, 3.8) is 0 Å². The third-order valence-electron chi connectivity index (χ3n) is 3.17. The predicted molar refractivity (Wildman–Crippen MR) is 71.8 cm³/mol. The minimum Gasteiger partial charge on any atom is -0.375 e. The number of rotatable bonds is 3. The molecule has 0 aromatic heterocycles. The van der Waals surface area contributed by atoms with Crippen LogP contribution < -0.4 is 10.2 Å². The number of hydrogen-bond acceptors (Lipinski definition) is 3. The van der Waals surface area contributed by atoms with Gasteiger partial charge in [-0.15, -0.1) is 0 Å². The summed E-state index contributed by atoms with van der Waals surface area (Å²) in [5, 5.41) is 3.23. The van der Waals surface area contributed by atoms with Crippen LogP contribution in [0.25, 0.3) is 0 Å². The van der Waals surface area contributed by atoms with Gasteiger partial charge >= 0.3 is 0 Å². The minimum absolute atomic E-state index is 0.00138. The molecule has 1 unspecified atom stereocenters. The highest BCUT2D eigenvalue weighted by molar-refractivity contribution is 5.93. The van der Waals surface area contributed by atoms with Crippen LogP contribution in [0.15, 0.2) is 24.3 Å². The van der Waals surface area contributed by atoms with Crippen LogP contribution in [-0.2, 0) is 9.53 Å². The minimum atomic E-state index is -0.00138. The van der Waals surface area contributed by atoms with Crippen molar-refractivity contribution in [2.24, 2.45) is 0 Å². The molecule has 1 aliphatic heterocycles. The van der Waals surface area contributed by atoms with Crippen molar-refractivity contribution < 1.29 is 9.53 Å². The van der Waals surface area contributed by atoms with Crippen LogP contribution in [0.1, 0.15) is 12.0 Å². The van der Waals surface area contributed by atoms with Crippen LogP contribution in [0.5, 0.6) is 0 Å². The number of morpholine rings is 1. The van der Waals surface area contributed by atoms with Crippen LogP contribution in [0.2, 0.25) is 0 Å². The van der Waals surface area contributed by atoms with Crippen molar-refractivity contribution in [2.45, 2.75) is 19.4 Å². The molecule has 4 nitrogen and oxygen atoms in total. The van der Waals surface area contributed by atoms with Crippen molar-refractivity contribution in [3.8, 4) is 0 Å². The number of hydrogen-bond donors (Lipinski definition) is 1. The molecule has 0 radical (unpaired) electrons. The first-order chi connectivity index (χ1) is 8.66.